The molecule has 0 radical (unpaired) electrons. The standard InChI is InChI=1S/C5H8FN2O2S/c1-2-11(9,10)8-4-3-7(6)5-8/h3-5H,2H2,1H3/q+1. The van der Waals surface area contributed by atoms with Gasteiger partial charge in [-0.3, -0.25) is 0 Å². The Kier molecular flexibility index (Phi) is 1.95. The van der Waals surface area contributed by atoms with Crippen molar-refractivity contribution in [1.82, 2.24) is 3.97 Å². The minimum atomic E-state index is -3.32. The van der Waals surface area contributed by atoms with Gasteiger partial charge in [-0.2, -0.15) is 8.42 Å². The van der Waals surface area contributed by atoms with Crippen molar-refractivity contribution in [3.63, 3.8) is 0 Å². The summed E-state index contributed by atoms with van der Waals surface area (Å²) in [6, 6.07) is 0. The number of hydrogen-bond acceptors (Lipinski definition) is 2. The second-order valence-corrected chi connectivity index (χ2v) is 4.15. The van der Waals surface area contributed by atoms with Crippen LogP contribution in [-0.4, -0.2) is 18.1 Å². The number of nitrogens with zero attached hydrogens (tertiary/aromatic N) is 2. The molecule has 6 heteroatoms. The van der Waals surface area contributed by atoms with Crippen LogP contribution in [-0.2, 0) is 10.0 Å². The number of hydrogen-bond donors (Lipinski definition) is 0. The molecule has 0 aliphatic rings. The summed E-state index contributed by atoms with van der Waals surface area (Å²) in [6.07, 6.45) is 3.03. The summed E-state index contributed by atoms with van der Waals surface area (Å²) in [6.45, 7) is 1.50. The van der Waals surface area contributed by atoms with Crippen molar-refractivity contribution in [2.24, 2.45) is 0 Å². The first-order chi connectivity index (χ1) is 5.06. The molecule has 0 bridgehead atoms. The minimum Gasteiger partial charge on any atom is -0.183 e. The topological polar surface area (TPSA) is 43.0 Å². The monoisotopic (exact) mass is 179 g/mol. The molecule has 1 aromatic heterocycles. The molecule has 0 N–H and O–H groups in total. The summed E-state index contributed by atoms with van der Waals surface area (Å²) in [7, 11) is -3.32. The molecule has 4 nitrogen and oxygen atoms in total. The predicted octanol–water partition coefficient (Wildman–Crippen LogP) is -0.294. The van der Waals surface area contributed by atoms with Gasteiger partial charge < -0.3 is 0 Å². The van der Waals surface area contributed by atoms with Gasteiger partial charge in [0.2, 0.25) is 0 Å². The van der Waals surface area contributed by atoms with E-state index in [0.717, 1.165) is 22.7 Å². The summed E-state index contributed by atoms with van der Waals surface area (Å²) in [5.74, 6) is -0.0400. The van der Waals surface area contributed by atoms with Crippen LogP contribution in [0.1, 0.15) is 6.92 Å². The van der Waals surface area contributed by atoms with Crippen LogP contribution in [0.15, 0.2) is 18.7 Å². The molecule has 1 aromatic rings. The Hall–Kier alpha value is -0.910. The van der Waals surface area contributed by atoms with Crippen LogP contribution >= 0.6 is 0 Å². The Morgan fingerprint density at radius 1 is 1.64 bits per heavy atom. The van der Waals surface area contributed by atoms with Crippen molar-refractivity contribution in [1.29, 1.82) is 0 Å². The lowest BCUT2D eigenvalue weighted by molar-refractivity contribution is -0.843. The second kappa shape index (κ2) is 2.61. The highest BCUT2D eigenvalue weighted by atomic mass is 32.2. The van der Waals surface area contributed by atoms with Crippen molar-refractivity contribution in [3.05, 3.63) is 18.7 Å². The molecule has 0 aliphatic heterocycles. The summed E-state index contributed by atoms with van der Waals surface area (Å²) in [5, 5.41) is 0. The van der Waals surface area contributed by atoms with Crippen LogP contribution in [0.3, 0.4) is 0 Å². The fourth-order valence-corrected chi connectivity index (χ4v) is 1.40. The highest BCUT2D eigenvalue weighted by Gasteiger charge is 2.16. The molecule has 62 valence electrons. The van der Waals surface area contributed by atoms with E-state index in [1.165, 1.54) is 6.92 Å². The van der Waals surface area contributed by atoms with E-state index in [9.17, 15) is 12.9 Å². The Bertz CT molecular complexity index is 343. The summed E-state index contributed by atoms with van der Waals surface area (Å²) < 4.78 is 35.1. The van der Waals surface area contributed by atoms with Gasteiger partial charge in [0.1, 0.15) is 0 Å². The van der Waals surface area contributed by atoms with E-state index in [-0.39, 0.29) is 10.5 Å². The Morgan fingerprint density at radius 3 is 2.64 bits per heavy atom. The molecule has 0 saturated carbocycles. The molecule has 1 rings (SSSR count). The number of imidazole rings is 1. The van der Waals surface area contributed by atoms with Crippen molar-refractivity contribution in [3.8, 4) is 0 Å². The van der Waals surface area contributed by atoms with E-state index in [4.69, 9.17) is 0 Å². The largest absolute Gasteiger partial charge is 0.304 e. The molecular formula is C5H8FN2O2S+. The summed E-state index contributed by atoms with van der Waals surface area (Å²) in [4.78, 5) is 0.188. The van der Waals surface area contributed by atoms with E-state index in [0.29, 0.717) is 0 Å². The first-order valence-electron chi connectivity index (χ1n) is 3.05. The molecule has 0 atom stereocenters. The maximum atomic E-state index is 12.2. The summed E-state index contributed by atoms with van der Waals surface area (Å²) in [5.41, 5.74) is 0. The van der Waals surface area contributed by atoms with E-state index >= 15 is 0 Å². The molecule has 0 spiro atoms. The van der Waals surface area contributed by atoms with E-state index in [1.54, 1.807) is 0 Å². The first-order valence-corrected chi connectivity index (χ1v) is 4.66. The third-order valence-electron chi connectivity index (χ3n) is 1.27. The third kappa shape index (κ3) is 1.56. The maximum Gasteiger partial charge on any atom is 0.304 e. The second-order valence-electron chi connectivity index (χ2n) is 1.99. The minimum absolute atomic E-state index is 0.0400. The average Bonchev–Trinajstić information content (AvgIpc) is 2.36. The summed E-state index contributed by atoms with van der Waals surface area (Å²) >= 11 is 0. The van der Waals surface area contributed by atoms with Crippen LogP contribution < -0.4 is 4.79 Å². The van der Waals surface area contributed by atoms with Crippen LogP contribution in [0.4, 0.5) is 4.48 Å². The van der Waals surface area contributed by atoms with Gasteiger partial charge >= 0.3 is 10.0 Å². The highest BCUT2D eigenvalue weighted by Crippen LogP contribution is 1.94. The van der Waals surface area contributed by atoms with Gasteiger partial charge in [0.05, 0.1) is 5.75 Å². The van der Waals surface area contributed by atoms with Crippen molar-refractivity contribution in [2.45, 2.75) is 6.92 Å². The first kappa shape index (κ1) is 8.19. The van der Waals surface area contributed by atoms with Crippen molar-refractivity contribution >= 4 is 10.0 Å². The van der Waals surface area contributed by atoms with Gasteiger partial charge in [-0.1, -0.05) is 0 Å². The molecule has 0 amide bonds. The fraction of sp³-hybridized carbons (Fsp3) is 0.400. The lowest BCUT2D eigenvalue weighted by Gasteiger charge is -1.91. The zero-order chi connectivity index (χ0) is 8.48. The van der Waals surface area contributed by atoms with Gasteiger partial charge in [-0.15, -0.1) is 3.97 Å². The van der Waals surface area contributed by atoms with Gasteiger partial charge in [0.25, 0.3) is 6.33 Å². The molecule has 0 aromatic carbocycles. The highest BCUT2D eigenvalue weighted by molar-refractivity contribution is 7.89. The smallest absolute Gasteiger partial charge is 0.183 e. The SMILES string of the molecule is CCS(=O)(=O)n1cc[n+](F)c1. The number of rotatable bonds is 2. The van der Waals surface area contributed by atoms with Crippen LogP contribution in [0.2, 0.25) is 0 Å². The van der Waals surface area contributed by atoms with Crippen molar-refractivity contribution < 1.29 is 17.7 Å². The third-order valence-corrected chi connectivity index (χ3v) is 2.85. The zero-order valence-corrected chi connectivity index (χ0v) is 6.75. The quantitative estimate of drug-likeness (QED) is 0.626. The zero-order valence-electron chi connectivity index (χ0n) is 5.94. The lowest BCUT2D eigenvalue weighted by atomic mass is 11.0. The Morgan fingerprint density at radius 2 is 2.27 bits per heavy atom. The average molecular weight is 179 g/mol. The van der Waals surface area contributed by atoms with Gasteiger partial charge in [0.15, 0.2) is 12.4 Å². The van der Waals surface area contributed by atoms with Gasteiger partial charge in [-0.25, -0.2) is 0 Å². The molecule has 0 saturated heterocycles. The molecule has 1 heterocycles. The Labute approximate surface area is 63.9 Å². The Balaban J connectivity index is 3.13. The molecule has 0 unspecified atom stereocenters. The van der Waals surface area contributed by atoms with Gasteiger partial charge in [0, 0.05) is 4.48 Å². The number of aromatic nitrogens is 2. The molecule has 0 fully saturated rings. The van der Waals surface area contributed by atoms with Crippen LogP contribution in [0, 0.1) is 0 Å². The maximum absolute atomic E-state index is 12.2. The van der Waals surface area contributed by atoms with E-state index < -0.39 is 10.0 Å². The molecule has 11 heavy (non-hydrogen) atoms. The lowest BCUT2D eigenvalue weighted by Crippen LogP contribution is -2.20. The molecule has 0 aliphatic carbocycles. The van der Waals surface area contributed by atoms with E-state index in [1.807, 2.05) is 0 Å². The molecular weight excluding hydrogens is 171 g/mol. The van der Waals surface area contributed by atoms with Crippen molar-refractivity contribution in [2.75, 3.05) is 5.75 Å². The normalized spacial score (nSPS) is 11.8. The number of halogens is 1. The van der Waals surface area contributed by atoms with Crippen LogP contribution in [0.25, 0.3) is 0 Å². The fourth-order valence-electron chi connectivity index (χ4n) is 0.629. The van der Waals surface area contributed by atoms with Crippen LogP contribution in [0.5, 0.6) is 0 Å². The van der Waals surface area contributed by atoms with E-state index in [2.05, 4.69) is 0 Å². The van der Waals surface area contributed by atoms with Gasteiger partial charge in [-0.05, 0) is 11.7 Å². The predicted molar refractivity (Wildman–Crippen MR) is 36.0 cm³/mol.